The van der Waals surface area contributed by atoms with Gasteiger partial charge in [-0.1, -0.05) is 26.0 Å². The first-order chi connectivity index (χ1) is 7.11. The van der Waals surface area contributed by atoms with Crippen LogP contribution in [0.3, 0.4) is 0 Å². The molecular weight excluding hydrogens is 184 g/mol. The van der Waals surface area contributed by atoms with Crippen LogP contribution in [0, 0.1) is 12.8 Å². The molecule has 0 aromatic heterocycles. The lowest BCUT2D eigenvalue weighted by atomic mass is 9.98. The minimum absolute atomic E-state index is 0.597. The van der Waals surface area contributed by atoms with Gasteiger partial charge in [0.15, 0.2) is 0 Å². The van der Waals surface area contributed by atoms with Crippen molar-refractivity contribution in [3.8, 4) is 0 Å². The average Bonchev–Trinajstić information content (AvgIpc) is 2.19. The van der Waals surface area contributed by atoms with E-state index in [1.165, 1.54) is 16.9 Å². The zero-order valence-electron chi connectivity index (χ0n) is 10.0. The zero-order chi connectivity index (χ0) is 11.0. The van der Waals surface area contributed by atoms with Crippen LogP contribution in [0.1, 0.15) is 19.4 Å². The maximum Gasteiger partial charge on any atom is 0.0608 e. The Kier molecular flexibility index (Phi) is 2.59. The van der Waals surface area contributed by atoms with Gasteiger partial charge in [-0.3, -0.25) is 0 Å². The van der Waals surface area contributed by atoms with Gasteiger partial charge in [0.1, 0.15) is 0 Å². The predicted molar refractivity (Wildman–Crippen MR) is 66.7 cm³/mol. The molecule has 0 fully saturated rings. The Hall–Kier alpha value is -1.18. The number of fused-ring (bicyclic) bond motifs is 1. The van der Waals surface area contributed by atoms with Gasteiger partial charge in [-0.15, -0.1) is 0 Å². The molecule has 2 rings (SSSR count). The first-order valence-electron chi connectivity index (χ1n) is 5.67. The summed E-state index contributed by atoms with van der Waals surface area (Å²) in [5, 5.41) is 3.55. The van der Waals surface area contributed by atoms with E-state index in [0.29, 0.717) is 12.0 Å². The van der Waals surface area contributed by atoms with Crippen LogP contribution in [0.25, 0.3) is 0 Å². The molecule has 0 saturated carbocycles. The third-order valence-corrected chi connectivity index (χ3v) is 3.39. The minimum Gasteiger partial charge on any atom is -0.381 e. The topological polar surface area (TPSA) is 15.3 Å². The van der Waals surface area contributed by atoms with Gasteiger partial charge in [0, 0.05) is 19.6 Å². The SMILES string of the molecule is Cc1cccc2c1NCC(C(C)C)N2C. The summed E-state index contributed by atoms with van der Waals surface area (Å²) >= 11 is 0. The Morgan fingerprint density at radius 2 is 2.13 bits per heavy atom. The molecule has 0 amide bonds. The summed E-state index contributed by atoms with van der Waals surface area (Å²) in [6.45, 7) is 7.77. The van der Waals surface area contributed by atoms with E-state index in [9.17, 15) is 0 Å². The summed E-state index contributed by atoms with van der Waals surface area (Å²) in [7, 11) is 2.20. The Labute approximate surface area is 92.3 Å². The highest BCUT2D eigenvalue weighted by Gasteiger charge is 2.25. The van der Waals surface area contributed by atoms with Crippen molar-refractivity contribution in [1.82, 2.24) is 0 Å². The van der Waals surface area contributed by atoms with E-state index < -0.39 is 0 Å². The van der Waals surface area contributed by atoms with Gasteiger partial charge in [-0.25, -0.2) is 0 Å². The van der Waals surface area contributed by atoms with Crippen LogP contribution in [0.2, 0.25) is 0 Å². The number of para-hydroxylation sites is 1. The average molecular weight is 204 g/mol. The molecule has 82 valence electrons. The van der Waals surface area contributed by atoms with E-state index in [1.807, 2.05) is 0 Å². The number of hydrogen-bond donors (Lipinski definition) is 1. The molecule has 1 heterocycles. The van der Waals surface area contributed by atoms with Crippen molar-refractivity contribution in [1.29, 1.82) is 0 Å². The molecule has 1 unspecified atom stereocenters. The number of benzene rings is 1. The summed E-state index contributed by atoms with van der Waals surface area (Å²) in [5.74, 6) is 0.677. The molecule has 0 spiro atoms. The molecule has 0 bridgehead atoms. The van der Waals surface area contributed by atoms with Crippen molar-refractivity contribution >= 4 is 11.4 Å². The standard InChI is InChI=1S/C13H20N2/c1-9(2)12-8-14-13-10(3)6-5-7-11(13)15(12)4/h5-7,9,12,14H,8H2,1-4H3. The van der Waals surface area contributed by atoms with Crippen molar-refractivity contribution in [2.24, 2.45) is 5.92 Å². The molecule has 0 radical (unpaired) electrons. The highest BCUT2D eigenvalue weighted by atomic mass is 15.2. The molecule has 1 aromatic carbocycles. The highest BCUT2D eigenvalue weighted by molar-refractivity contribution is 5.75. The lowest BCUT2D eigenvalue weighted by molar-refractivity contribution is 0.482. The number of aryl methyl sites for hydroxylation is 1. The molecule has 2 heteroatoms. The number of nitrogens with zero attached hydrogens (tertiary/aromatic N) is 1. The number of anilines is 2. The van der Waals surface area contributed by atoms with Gasteiger partial charge in [-0.2, -0.15) is 0 Å². The summed E-state index contributed by atoms with van der Waals surface area (Å²) < 4.78 is 0. The maximum atomic E-state index is 3.55. The lowest BCUT2D eigenvalue weighted by Gasteiger charge is -2.39. The van der Waals surface area contributed by atoms with E-state index in [1.54, 1.807) is 0 Å². The summed E-state index contributed by atoms with van der Waals surface area (Å²) in [6, 6.07) is 7.09. The van der Waals surface area contributed by atoms with Gasteiger partial charge in [-0.05, 0) is 24.5 Å². The molecule has 1 atom stereocenters. The van der Waals surface area contributed by atoms with Crippen molar-refractivity contribution < 1.29 is 0 Å². The fraction of sp³-hybridized carbons (Fsp3) is 0.538. The monoisotopic (exact) mass is 204 g/mol. The van der Waals surface area contributed by atoms with Crippen LogP contribution in [0.5, 0.6) is 0 Å². The molecule has 1 aliphatic rings. The van der Waals surface area contributed by atoms with Gasteiger partial charge in [0.25, 0.3) is 0 Å². The van der Waals surface area contributed by atoms with E-state index in [4.69, 9.17) is 0 Å². The maximum absolute atomic E-state index is 3.55. The van der Waals surface area contributed by atoms with E-state index in [0.717, 1.165) is 6.54 Å². The third kappa shape index (κ3) is 1.69. The van der Waals surface area contributed by atoms with Crippen LogP contribution < -0.4 is 10.2 Å². The third-order valence-electron chi connectivity index (χ3n) is 3.39. The largest absolute Gasteiger partial charge is 0.381 e. The molecule has 15 heavy (non-hydrogen) atoms. The van der Waals surface area contributed by atoms with Crippen LogP contribution in [0.4, 0.5) is 11.4 Å². The first kappa shape index (κ1) is 10.3. The number of likely N-dealkylation sites (N-methyl/N-ethyl adjacent to an activating group) is 1. The fourth-order valence-corrected chi connectivity index (χ4v) is 2.38. The molecule has 1 aliphatic heterocycles. The van der Waals surface area contributed by atoms with Gasteiger partial charge in [0.2, 0.25) is 0 Å². The van der Waals surface area contributed by atoms with Crippen LogP contribution >= 0.6 is 0 Å². The first-order valence-corrected chi connectivity index (χ1v) is 5.67. The van der Waals surface area contributed by atoms with Crippen molar-refractivity contribution in [2.75, 3.05) is 23.8 Å². The predicted octanol–water partition coefficient (Wildman–Crippen LogP) is 2.88. The highest BCUT2D eigenvalue weighted by Crippen LogP contribution is 2.34. The lowest BCUT2D eigenvalue weighted by Crippen LogP contribution is -2.45. The number of nitrogens with one attached hydrogen (secondary N) is 1. The summed E-state index contributed by atoms with van der Waals surface area (Å²) in [5.41, 5.74) is 3.97. The second-order valence-corrected chi connectivity index (χ2v) is 4.77. The van der Waals surface area contributed by atoms with Gasteiger partial charge >= 0.3 is 0 Å². The Morgan fingerprint density at radius 3 is 2.80 bits per heavy atom. The van der Waals surface area contributed by atoms with E-state index in [-0.39, 0.29) is 0 Å². The van der Waals surface area contributed by atoms with Crippen LogP contribution in [0.15, 0.2) is 18.2 Å². The van der Waals surface area contributed by atoms with Crippen molar-refractivity contribution in [3.63, 3.8) is 0 Å². The number of rotatable bonds is 1. The molecule has 2 nitrogen and oxygen atoms in total. The fourth-order valence-electron chi connectivity index (χ4n) is 2.38. The molecular formula is C13H20N2. The molecule has 0 saturated heterocycles. The Balaban J connectivity index is 2.38. The number of hydrogen-bond acceptors (Lipinski definition) is 2. The quantitative estimate of drug-likeness (QED) is 0.756. The van der Waals surface area contributed by atoms with Crippen LogP contribution in [-0.4, -0.2) is 19.6 Å². The Morgan fingerprint density at radius 1 is 1.40 bits per heavy atom. The molecule has 1 aromatic rings. The van der Waals surface area contributed by atoms with Gasteiger partial charge in [0.05, 0.1) is 11.4 Å². The van der Waals surface area contributed by atoms with Crippen molar-refractivity contribution in [2.45, 2.75) is 26.8 Å². The normalized spacial score (nSPS) is 20.1. The second-order valence-electron chi connectivity index (χ2n) is 4.77. The zero-order valence-corrected chi connectivity index (χ0v) is 10.0. The van der Waals surface area contributed by atoms with Crippen molar-refractivity contribution in [3.05, 3.63) is 23.8 Å². The second kappa shape index (κ2) is 3.76. The molecule has 1 N–H and O–H groups in total. The minimum atomic E-state index is 0.597. The van der Waals surface area contributed by atoms with E-state index >= 15 is 0 Å². The summed E-state index contributed by atoms with van der Waals surface area (Å²) in [4.78, 5) is 2.41. The summed E-state index contributed by atoms with van der Waals surface area (Å²) in [6.07, 6.45) is 0. The molecule has 0 aliphatic carbocycles. The Bertz CT molecular complexity index is 358. The van der Waals surface area contributed by atoms with Crippen LogP contribution in [-0.2, 0) is 0 Å². The smallest absolute Gasteiger partial charge is 0.0608 e. The van der Waals surface area contributed by atoms with E-state index in [2.05, 4.69) is 56.2 Å². The van der Waals surface area contributed by atoms with Gasteiger partial charge < -0.3 is 10.2 Å².